The first-order valence-corrected chi connectivity index (χ1v) is 9.23. The molecule has 0 aliphatic carbocycles. The lowest BCUT2D eigenvalue weighted by Gasteiger charge is -2.12. The smallest absolute Gasteiger partial charge is 0.341 e. The average Bonchev–Trinajstić information content (AvgIpc) is 3.11. The molecule has 0 N–H and O–H groups in total. The molecule has 0 aliphatic heterocycles. The van der Waals surface area contributed by atoms with Gasteiger partial charge in [-0.15, -0.1) is 0 Å². The van der Waals surface area contributed by atoms with Gasteiger partial charge in [0.2, 0.25) is 5.88 Å². The number of aromatic nitrogens is 2. The molecule has 0 spiro atoms. The van der Waals surface area contributed by atoms with E-state index in [4.69, 9.17) is 25.8 Å². The number of carbonyl (C=O) groups excluding carboxylic acids is 1. The van der Waals surface area contributed by atoms with E-state index >= 15 is 0 Å². The van der Waals surface area contributed by atoms with Gasteiger partial charge in [0.25, 0.3) is 0 Å². The minimum atomic E-state index is -0.482. The molecule has 1 aromatic heterocycles. The number of aryl methyl sites for hydroxylation is 1. The van der Waals surface area contributed by atoms with Gasteiger partial charge < -0.3 is 14.2 Å². The Labute approximate surface area is 174 Å². The van der Waals surface area contributed by atoms with Crippen molar-refractivity contribution in [2.45, 2.75) is 6.61 Å². The molecule has 7 heteroatoms. The van der Waals surface area contributed by atoms with Crippen LogP contribution in [0.1, 0.15) is 11.1 Å². The summed E-state index contributed by atoms with van der Waals surface area (Å²) in [5.41, 5.74) is 3.54. The van der Waals surface area contributed by atoms with Crippen molar-refractivity contribution >= 4 is 23.1 Å². The largest absolute Gasteiger partial charge is 0.503 e. The average molecular weight is 415 g/mol. The molecule has 0 aliphatic rings. The predicted octanol–water partition coefficient (Wildman–Crippen LogP) is 4.48. The van der Waals surface area contributed by atoms with E-state index < -0.39 is 5.97 Å². The van der Waals surface area contributed by atoms with E-state index in [1.807, 2.05) is 61.6 Å². The maximum Gasteiger partial charge on any atom is 0.341 e. The van der Waals surface area contributed by atoms with Gasteiger partial charge in [-0.2, -0.15) is 5.10 Å². The number of nitrogens with zero attached hydrogens (tertiary/aromatic N) is 2. The van der Waals surface area contributed by atoms with E-state index in [0.29, 0.717) is 22.0 Å². The fourth-order valence-corrected chi connectivity index (χ4v) is 2.98. The molecular formula is C22H21ClN2O4. The summed E-state index contributed by atoms with van der Waals surface area (Å²) in [7, 11) is 4.63. The van der Waals surface area contributed by atoms with Crippen molar-refractivity contribution < 1.29 is 19.0 Å². The van der Waals surface area contributed by atoms with Crippen LogP contribution in [0.4, 0.5) is 0 Å². The van der Waals surface area contributed by atoms with Crippen LogP contribution in [0, 0.1) is 0 Å². The molecule has 0 amide bonds. The van der Waals surface area contributed by atoms with Crippen molar-refractivity contribution in [2.24, 2.45) is 7.05 Å². The quantitative estimate of drug-likeness (QED) is 0.324. The molecule has 2 aromatic carbocycles. The molecular weight excluding hydrogens is 394 g/mol. The van der Waals surface area contributed by atoms with Crippen LogP contribution in [0.15, 0.2) is 60.9 Å². The molecule has 0 atom stereocenters. The van der Waals surface area contributed by atoms with Gasteiger partial charge >= 0.3 is 5.97 Å². The molecule has 150 valence electrons. The third-order valence-corrected chi connectivity index (χ3v) is 4.55. The monoisotopic (exact) mass is 414 g/mol. The Morgan fingerprint density at radius 1 is 1.17 bits per heavy atom. The van der Waals surface area contributed by atoms with Gasteiger partial charge in [-0.05, 0) is 23.3 Å². The molecule has 6 nitrogen and oxygen atoms in total. The Kier molecular flexibility index (Phi) is 6.57. The number of rotatable bonds is 7. The maximum atomic E-state index is 12.1. The van der Waals surface area contributed by atoms with Crippen LogP contribution in [0.5, 0.6) is 5.88 Å². The summed E-state index contributed by atoms with van der Waals surface area (Å²) in [5.74, 6) is 0.116. The van der Waals surface area contributed by atoms with E-state index in [2.05, 4.69) is 5.10 Å². The third-order valence-electron chi connectivity index (χ3n) is 4.30. The van der Waals surface area contributed by atoms with Crippen LogP contribution in [0.25, 0.3) is 16.8 Å². The van der Waals surface area contributed by atoms with Crippen molar-refractivity contribution in [1.82, 2.24) is 9.78 Å². The topological polar surface area (TPSA) is 62.6 Å². The van der Waals surface area contributed by atoms with Gasteiger partial charge in [0.1, 0.15) is 12.2 Å². The molecule has 1 heterocycles. The second-order valence-electron chi connectivity index (χ2n) is 6.20. The number of esters is 1. The van der Waals surface area contributed by atoms with Gasteiger partial charge in [0.15, 0.2) is 0 Å². The Balaban J connectivity index is 1.83. The SMILES string of the molecule is CO/C=C(/C(=O)OC)c1ccccc1COc1c[14c](-c2ccc(Cl)cc2)nn1C. The second kappa shape index (κ2) is 9.30. The first-order chi connectivity index (χ1) is 14.0. The first kappa shape index (κ1) is 20.5. The Morgan fingerprint density at radius 3 is 2.59 bits per heavy atom. The maximum absolute atomic E-state index is 12.1. The van der Waals surface area contributed by atoms with Crippen LogP contribution in [-0.2, 0) is 27.9 Å². The number of ether oxygens (including phenoxy) is 3. The number of benzene rings is 2. The molecule has 29 heavy (non-hydrogen) atoms. The summed E-state index contributed by atoms with van der Waals surface area (Å²) in [4.78, 5) is 12.1. The van der Waals surface area contributed by atoms with Gasteiger partial charge in [0.05, 0.1) is 26.2 Å². The van der Waals surface area contributed by atoms with Crippen molar-refractivity contribution in [3.05, 3.63) is 77.0 Å². The van der Waals surface area contributed by atoms with Crippen molar-refractivity contribution in [1.29, 1.82) is 0 Å². The molecule has 0 bridgehead atoms. The number of methoxy groups -OCH3 is 2. The lowest BCUT2D eigenvalue weighted by Crippen LogP contribution is -2.09. The highest BCUT2D eigenvalue weighted by atomic mass is 35.5. The fourth-order valence-electron chi connectivity index (χ4n) is 2.86. The number of hydrogen-bond acceptors (Lipinski definition) is 5. The molecule has 0 fully saturated rings. The van der Waals surface area contributed by atoms with Crippen LogP contribution >= 0.6 is 11.6 Å². The first-order valence-electron chi connectivity index (χ1n) is 8.85. The van der Waals surface area contributed by atoms with E-state index in [0.717, 1.165) is 16.8 Å². The van der Waals surface area contributed by atoms with E-state index in [1.165, 1.54) is 20.5 Å². The standard InChI is InChI=1S/C22H21ClN2O4/c1-25-21(12-20(24-25)15-8-10-17(23)11-9-15)29-13-16-6-4-5-7-18(16)19(14-27-2)22(26)28-3/h4-12,14H,13H2,1-3H3/b19-14+/i20+2. The highest BCUT2D eigenvalue weighted by molar-refractivity contribution is 6.30. The minimum Gasteiger partial charge on any atom is -0.503 e. The van der Waals surface area contributed by atoms with Crippen LogP contribution in [0.2, 0.25) is 5.02 Å². The van der Waals surface area contributed by atoms with E-state index in [-0.39, 0.29) is 6.61 Å². The molecule has 0 radical (unpaired) electrons. The summed E-state index contributed by atoms with van der Waals surface area (Å²) >= 11 is 5.95. The summed E-state index contributed by atoms with van der Waals surface area (Å²) in [6, 6.07) is 16.7. The molecule has 0 unspecified atom stereocenters. The summed E-state index contributed by atoms with van der Waals surface area (Å²) in [6.45, 7) is 0.244. The lowest BCUT2D eigenvalue weighted by atomic mass is 10.0. The van der Waals surface area contributed by atoms with Crippen molar-refractivity contribution in [2.75, 3.05) is 14.2 Å². The van der Waals surface area contributed by atoms with Gasteiger partial charge in [-0.3, -0.25) is 0 Å². The second-order valence-corrected chi connectivity index (χ2v) is 6.64. The number of halogens is 1. The zero-order chi connectivity index (χ0) is 20.8. The summed E-state index contributed by atoms with van der Waals surface area (Å²) in [6.07, 6.45) is 1.37. The van der Waals surface area contributed by atoms with Gasteiger partial charge in [-0.1, -0.05) is 48.0 Å². The van der Waals surface area contributed by atoms with E-state index in [1.54, 1.807) is 4.68 Å². The number of hydrogen-bond donors (Lipinski definition) is 0. The van der Waals surface area contributed by atoms with Gasteiger partial charge in [0, 0.05) is 23.7 Å². The van der Waals surface area contributed by atoms with Crippen LogP contribution in [-0.4, -0.2) is 30.0 Å². The van der Waals surface area contributed by atoms with Crippen molar-refractivity contribution in [3.63, 3.8) is 0 Å². The highest BCUT2D eigenvalue weighted by Gasteiger charge is 2.17. The van der Waals surface area contributed by atoms with Crippen LogP contribution in [0.3, 0.4) is 0 Å². The molecule has 3 aromatic rings. The highest BCUT2D eigenvalue weighted by Crippen LogP contribution is 2.26. The van der Waals surface area contributed by atoms with Crippen LogP contribution < -0.4 is 4.74 Å². The lowest BCUT2D eigenvalue weighted by molar-refractivity contribution is -0.133. The third kappa shape index (κ3) is 4.78. The zero-order valence-corrected chi connectivity index (χ0v) is 17.1. The zero-order valence-electron chi connectivity index (χ0n) is 16.4. The Hall–Kier alpha value is -3.25. The van der Waals surface area contributed by atoms with E-state index in [9.17, 15) is 4.79 Å². The Morgan fingerprint density at radius 2 is 1.90 bits per heavy atom. The summed E-state index contributed by atoms with van der Waals surface area (Å²) in [5, 5.41) is 5.16. The van der Waals surface area contributed by atoms with Gasteiger partial charge in [-0.25, -0.2) is 9.48 Å². The fraction of sp³-hybridized carbons (Fsp3) is 0.182. The summed E-state index contributed by atoms with van der Waals surface area (Å²) < 4.78 is 17.6. The normalized spacial score (nSPS) is 11.2. The molecule has 3 rings (SSSR count). The molecule has 0 saturated heterocycles. The minimum absolute atomic E-state index is 0.244. The predicted molar refractivity (Wildman–Crippen MR) is 111 cm³/mol. The molecule has 0 saturated carbocycles. The number of carbonyl (C=O) groups is 1. The Bertz CT molecular complexity index is 1030. The van der Waals surface area contributed by atoms with Crippen molar-refractivity contribution in [3.8, 4) is 17.1 Å².